The van der Waals surface area contributed by atoms with E-state index in [0.717, 1.165) is 21.8 Å². The lowest BCUT2D eigenvalue weighted by atomic mass is 10.1. The Labute approximate surface area is 135 Å². The quantitative estimate of drug-likeness (QED) is 0.686. The number of para-hydroxylation sites is 1. The summed E-state index contributed by atoms with van der Waals surface area (Å²) in [5.41, 5.74) is 2.00. The molecule has 0 saturated carbocycles. The third kappa shape index (κ3) is 2.59. The van der Waals surface area contributed by atoms with Crippen molar-refractivity contribution in [1.82, 2.24) is 10.2 Å². The molecule has 1 aliphatic heterocycles. The van der Waals surface area contributed by atoms with Crippen molar-refractivity contribution in [3.8, 4) is 16.2 Å². The average molecular weight is 328 g/mol. The zero-order valence-electron chi connectivity index (χ0n) is 12.2. The first-order chi connectivity index (χ1) is 11.2. The van der Waals surface area contributed by atoms with Crippen molar-refractivity contribution in [1.29, 1.82) is 0 Å². The molecule has 1 aliphatic rings. The monoisotopic (exact) mass is 328 g/mol. The highest BCUT2D eigenvalue weighted by Crippen LogP contribution is 2.42. The van der Waals surface area contributed by atoms with Crippen LogP contribution >= 0.6 is 11.3 Å². The highest BCUT2D eigenvalue weighted by atomic mass is 32.1. The molecule has 0 amide bonds. The Kier molecular flexibility index (Phi) is 3.34. The normalized spacial score (nSPS) is 12.2. The lowest BCUT2D eigenvalue weighted by Gasteiger charge is -2.16. The molecule has 4 rings (SSSR count). The highest BCUT2D eigenvalue weighted by Gasteiger charge is 2.23. The van der Waals surface area contributed by atoms with Gasteiger partial charge < -0.3 is 13.9 Å². The van der Waals surface area contributed by atoms with E-state index in [2.05, 4.69) is 10.2 Å². The molecule has 0 aliphatic carbocycles. The van der Waals surface area contributed by atoms with Crippen molar-refractivity contribution < 1.29 is 18.7 Å². The molecule has 0 bridgehead atoms. The van der Waals surface area contributed by atoms with E-state index < -0.39 is 5.97 Å². The molecule has 116 valence electrons. The number of benzene rings is 1. The maximum Gasteiger partial charge on any atom is 0.348 e. The van der Waals surface area contributed by atoms with Gasteiger partial charge in [-0.3, -0.25) is 0 Å². The van der Waals surface area contributed by atoms with Crippen molar-refractivity contribution in [2.75, 3.05) is 0 Å². The van der Waals surface area contributed by atoms with Gasteiger partial charge in [-0.25, -0.2) is 4.79 Å². The Hall–Kier alpha value is -2.67. The first kappa shape index (κ1) is 14.0. The number of hydrogen-bond acceptors (Lipinski definition) is 7. The Balaban J connectivity index is 1.55. The van der Waals surface area contributed by atoms with Crippen LogP contribution in [0, 0.1) is 6.92 Å². The van der Waals surface area contributed by atoms with E-state index in [-0.39, 0.29) is 12.5 Å². The summed E-state index contributed by atoms with van der Waals surface area (Å²) >= 11 is 1.41. The maximum atomic E-state index is 12.2. The topological polar surface area (TPSA) is 74.5 Å². The molecule has 0 N–H and O–H groups in total. The van der Waals surface area contributed by atoms with E-state index in [9.17, 15) is 4.79 Å². The third-order valence-corrected chi connectivity index (χ3v) is 4.61. The number of rotatable bonds is 3. The molecule has 1 aromatic carbocycles. The molecule has 23 heavy (non-hydrogen) atoms. The van der Waals surface area contributed by atoms with Gasteiger partial charge in [0, 0.05) is 22.9 Å². The zero-order chi connectivity index (χ0) is 15.8. The number of esters is 1. The molecule has 0 radical (unpaired) electrons. The van der Waals surface area contributed by atoms with E-state index in [4.69, 9.17) is 13.9 Å². The Bertz CT molecular complexity index is 884. The summed E-state index contributed by atoms with van der Waals surface area (Å²) < 4.78 is 16.1. The fourth-order valence-corrected chi connectivity index (χ4v) is 3.49. The van der Waals surface area contributed by atoms with Crippen LogP contribution in [0.4, 0.5) is 0 Å². The predicted octanol–water partition coefficient (Wildman–Crippen LogP) is 3.36. The smallest absolute Gasteiger partial charge is 0.348 e. The zero-order valence-corrected chi connectivity index (χ0v) is 13.1. The minimum atomic E-state index is -0.405. The number of carbonyl (C=O) groups is 1. The highest BCUT2D eigenvalue weighted by molar-refractivity contribution is 7.17. The molecule has 7 heteroatoms. The first-order valence-electron chi connectivity index (χ1n) is 7.02. The van der Waals surface area contributed by atoms with E-state index >= 15 is 0 Å². The van der Waals surface area contributed by atoms with Gasteiger partial charge in [0.25, 0.3) is 5.89 Å². The summed E-state index contributed by atoms with van der Waals surface area (Å²) in [6, 6.07) is 9.61. The molecule has 0 atom stereocenters. The van der Waals surface area contributed by atoms with Crippen LogP contribution in [0.1, 0.15) is 27.0 Å². The minimum Gasteiger partial charge on any atom is -0.488 e. The summed E-state index contributed by atoms with van der Waals surface area (Å²) in [7, 11) is 0. The van der Waals surface area contributed by atoms with Gasteiger partial charge in [-0.1, -0.05) is 12.1 Å². The molecule has 0 fully saturated rings. The van der Waals surface area contributed by atoms with Crippen LogP contribution in [0.3, 0.4) is 0 Å². The predicted molar refractivity (Wildman–Crippen MR) is 82.2 cm³/mol. The van der Waals surface area contributed by atoms with Gasteiger partial charge in [0.15, 0.2) is 6.61 Å². The van der Waals surface area contributed by atoms with Gasteiger partial charge in [-0.05, 0) is 18.2 Å². The Morgan fingerprint density at radius 2 is 2.22 bits per heavy atom. The third-order valence-electron chi connectivity index (χ3n) is 3.42. The van der Waals surface area contributed by atoms with Gasteiger partial charge in [-0.15, -0.1) is 21.5 Å². The fourth-order valence-electron chi connectivity index (χ4n) is 2.39. The number of hydrogen-bond donors (Lipinski definition) is 0. The number of aromatic nitrogens is 2. The van der Waals surface area contributed by atoms with Crippen LogP contribution in [0.2, 0.25) is 0 Å². The van der Waals surface area contributed by atoms with Crippen LogP contribution in [-0.2, 0) is 18.0 Å². The maximum absolute atomic E-state index is 12.2. The fraction of sp³-hybridized carbons (Fsp3) is 0.188. The summed E-state index contributed by atoms with van der Waals surface area (Å²) in [6.45, 7) is 2.11. The van der Waals surface area contributed by atoms with Crippen LogP contribution in [-0.4, -0.2) is 16.2 Å². The second-order valence-electron chi connectivity index (χ2n) is 5.04. The molecule has 0 saturated heterocycles. The molecule has 3 heterocycles. The molecule has 0 unspecified atom stereocenters. The van der Waals surface area contributed by atoms with E-state index in [0.29, 0.717) is 17.4 Å². The van der Waals surface area contributed by atoms with E-state index in [1.807, 2.05) is 30.3 Å². The van der Waals surface area contributed by atoms with Crippen LogP contribution in [0.25, 0.3) is 10.4 Å². The van der Waals surface area contributed by atoms with Gasteiger partial charge in [0.2, 0.25) is 5.89 Å². The summed E-state index contributed by atoms with van der Waals surface area (Å²) in [6.07, 6.45) is 0. The van der Waals surface area contributed by atoms with Crippen molar-refractivity contribution in [3.05, 3.63) is 52.6 Å². The van der Waals surface area contributed by atoms with Crippen molar-refractivity contribution in [2.45, 2.75) is 20.1 Å². The Morgan fingerprint density at radius 1 is 1.35 bits per heavy atom. The number of fused-ring (bicyclic) bond motifs is 3. The summed E-state index contributed by atoms with van der Waals surface area (Å²) in [5.74, 6) is 1.16. The van der Waals surface area contributed by atoms with E-state index in [1.165, 1.54) is 11.3 Å². The molecule has 3 aromatic rings. The molecular weight excluding hydrogens is 316 g/mol. The Morgan fingerprint density at radius 3 is 3.04 bits per heavy atom. The second kappa shape index (κ2) is 5.51. The lowest BCUT2D eigenvalue weighted by molar-refractivity contribution is 0.0442. The van der Waals surface area contributed by atoms with Gasteiger partial charge in [0.1, 0.15) is 17.2 Å². The molecule has 6 nitrogen and oxygen atoms in total. The molecule has 0 spiro atoms. The number of nitrogens with zero attached hydrogens (tertiary/aromatic N) is 2. The van der Waals surface area contributed by atoms with Crippen molar-refractivity contribution >= 4 is 17.3 Å². The van der Waals surface area contributed by atoms with Gasteiger partial charge in [-0.2, -0.15) is 0 Å². The van der Waals surface area contributed by atoms with Gasteiger partial charge >= 0.3 is 5.97 Å². The molecular formula is C16H12N2O4S. The molecule has 2 aromatic heterocycles. The summed E-state index contributed by atoms with van der Waals surface area (Å²) in [5, 5.41) is 7.49. The SMILES string of the molecule is Cc1nnc(COC(=O)c2cc3c(s2)-c2ccccc2OC3)o1. The lowest BCUT2D eigenvalue weighted by Crippen LogP contribution is -2.04. The first-order valence-corrected chi connectivity index (χ1v) is 7.83. The number of ether oxygens (including phenoxy) is 2. The van der Waals surface area contributed by atoms with E-state index in [1.54, 1.807) is 6.92 Å². The van der Waals surface area contributed by atoms with Crippen molar-refractivity contribution in [3.63, 3.8) is 0 Å². The van der Waals surface area contributed by atoms with Crippen LogP contribution in [0.5, 0.6) is 5.75 Å². The van der Waals surface area contributed by atoms with Crippen molar-refractivity contribution in [2.24, 2.45) is 0 Å². The van der Waals surface area contributed by atoms with Crippen LogP contribution < -0.4 is 4.74 Å². The number of aryl methyl sites for hydroxylation is 1. The average Bonchev–Trinajstić information content (AvgIpc) is 3.18. The summed E-state index contributed by atoms with van der Waals surface area (Å²) in [4.78, 5) is 13.8. The largest absolute Gasteiger partial charge is 0.488 e. The number of thiophene rings is 1. The van der Waals surface area contributed by atoms with Gasteiger partial charge in [0.05, 0.1) is 0 Å². The number of carbonyl (C=O) groups excluding carboxylic acids is 1. The standard InChI is InChI=1S/C16H12N2O4S/c1-9-17-18-14(22-9)8-21-16(19)13-6-10-7-20-12-5-3-2-4-11(12)15(10)23-13/h2-6H,7-8H2,1H3. The minimum absolute atomic E-state index is 0.0324. The second-order valence-corrected chi connectivity index (χ2v) is 6.09. The van der Waals surface area contributed by atoms with Crippen LogP contribution in [0.15, 0.2) is 34.7 Å².